The minimum Gasteiger partial charge on any atom is -0.444 e. The number of halogens is 1. The number of piperidine rings is 1. The van der Waals surface area contributed by atoms with Gasteiger partial charge < -0.3 is 33.6 Å². The maximum absolute atomic E-state index is 15.2. The Kier molecular flexibility index (Phi) is 11.4. The molecule has 2 aliphatic heterocycles. The summed E-state index contributed by atoms with van der Waals surface area (Å²) < 4.78 is 40.7. The van der Waals surface area contributed by atoms with Crippen molar-refractivity contribution in [3.8, 4) is 0 Å². The van der Waals surface area contributed by atoms with Gasteiger partial charge >= 0.3 is 13.2 Å². The lowest BCUT2D eigenvalue weighted by molar-refractivity contribution is -0.132. The number of ether oxygens (including phenoxy) is 2. The zero-order chi connectivity index (χ0) is 36.4. The van der Waals surface area contributed by atoms with E-state index in [9.17, 15) is 9.59 Å². The molecule has 1 N–H and O–H groups in total. The molecule has 2 amide bonds. The van der Waals surface area contributed by atoms with E-state index < -0.39 is 36.1 Å². The molecule has 2 saturated heterocycles. The van der Waals surface area contributed by atoms with Crippen molar-refractivity contribution in [2.24, 2.45) is 0 Å². The Morgan fingerprint density at radius 2 is 1.76 bits per heavy atom. The molecule has 2 fully saturated rings. The van der Waals surface area contributed by atoms with Gasteiger partial charge in [-0.2, -0.15) is 0 Å². The van der Waals surface area contributed by atoms with E-state index >= 15 is 4.39 Å². The van der Waals surface area contributed by atoms with Crippen molar-refractivity contribution < 1.29 is 32.8 Å². The average Bonchev–Trinajstić information content (AvgIpc) is 3.44. The van der Waals surface area contributed by atoms with Crippen LogP contribution in [0.15, 0.2) is 42.5 Å². The highest BCUT2D eigenvalue weighted by Crippen LogP contribution is 2.38. The van der Waals surface area contributed by atoms with Crippen molar-refractivity contribution in [1.82, 2.24) is 14.8 Å². The van der Waals surface area contributed by atoms with E-state index in [2.05, 4.69) is 16.8 Å². The normalized spacial score (nSPS) is 19.5. The molecule has 2 atom stereocenters. The van der Waals surface area contributed by atoms with Crippen LogP contribution in [0, 0.1) is 12.7 Å². The number of aryl methyl sites for hydroxylation is 2. The third kappa shape index (κ3) is 8.54. The Morgan fingerprint density at radius 3 is 2.40 bits per heavy atom. The summed E-state index contributed by atoms with van der Waals surface area (Å²) in [5.74, 6) is -0.213. The van der Waals surface area contributed by atoms with Crippen LogP contribution in [-0.2, 0) is 36.5 Å². The summed E-state index contributed by atoms with van der Waals surface area (Å²) in [4.78, 5) is 28.9. The van der Waals surface area contributed by atoms with E-state index in [0.717, 1.165) is 46.9 Å². The number of para-hydroxylation sites is 1. The number of carbonyl (C=O) groups is 2. The molecule has 0 aliphatic carbocycles. The van der Waals surface area contributed by atoms with Gasteiger partial charge in [-0.25, -0.2) is 9.18 Å². The number of amides is 2. The van der Waals surface area contributed by atoms with Crippen molar-refractivity contribution in [3.63, 3.8) is 0 Å². The molecule has 3 aromatic rings. The number of benzene rings is 2. The van der Waals surface area contributed by atoms with E-state index in [1.54, 1.807) is 13.2 Å². The van der Waals surface area contributed by atoms with Gasteiger partial charge in [0.25, 0.3) is 0 Å². The Balaban J connectivity index is 1.33. The fourth-order valence-corrected chi connectivity index (χ4v) is 7.17. The zero-order valence-corrected chi connectivity index (χ0v) is 31.4. The molecular weight excluding hydrogens is 636 g/mol. The Labute approximate surface area is 297 Å². The predicted octanol–water partition coefficient (Wildman–Crippen LogP) is 6.66. The first-order chi connectivity index (χ1) is 23.5. The van der Waals surface area contributed by atoms with Gasteiger partial charge in [-0.15, -0.1) is 0 Å². The molecule has 2 unspecified atom stereocenters. The minimum atomic E-state index is -0.678. The van der Waals surface area contributed by atoms with Crippen LogP contribution in [0.5, 0.6) is 0 Å². The fourth-order valence-electron chi connectivity index (χ4n) is 7.17. The molecular formula is C39H55BFN3O6. The molecule has 5 rings (SSSR count). The van der Waals surface area contributed by atoms with Crippen molar-refractivity contribution in [3.05, 3.63) is 65.1 Å². The molecule has 2 aromatic carbocycles. The molecule has 1 aromatic heterocycles. The molecule has 0 bridgehead atoms. The van der Waals surface area contributed by atoms with Crippen LogP contribution >= 0.6 is 0 Å². The summed E-state index contributed by atoms with van der Waals surface area (Å²) >= 11 is 0. The quantitative estimate of drug-likeness (QED) is 0.179. The van der Waals surface area contributed by atoms with Gasteiger partial charge in [-0.1, -0.05) is 36.4 Å². The Morgan fingerprint density at radius 1 is 1.08 bits per heavy atom. The standard InChI is InChI=1S/C39H55BFN3O6/c1-26-31-14-10-15-32(41)35(31)44(21-12-22-47-9)34(26)28-13-11-20-43(25-28)33(45)24-30(42-36(46)48-37(2,3)4)23-27-16-18-29(19-17-27)40-49-38(5,6)39(7,8)50-40/h10,14-19,28,30H,11-13,20-25H2,1-9H3,(H,42,46). The third-order valence-electron chi connectivity index (χ3n) is 10.4. The molecule has 50 heavy (non-hydrogen) atoms. The van der Waals surface area contributed by atoms with Gasteiger partial charge in [0.1, 0.15) is 11.4 Å². The van der Waals surface area contributed by atoms with Gasteiger partial charge in [0, 0.05) is 62.8 Å². The summed E-state index contributed by atoms with van der Waals surface area (Å²) in [5.41, 5.74) is 3.08. The fraction of sp³-hybridized carbons (Fsp3) is 0.590. The molecule has 0 radical (unpaired) electrons. The van der Waals surface area contributed by atoms with Crippen LogP contribution in [0.3, 0.4) is 0 Å². The van der Waals surface area contributed by atoms with E-state index in [1.165, 1.54) is 6.07 Å². The molecule has 11 heteroatoms. The number of rotatable bonds is 11. The number of aromatic nitrogens is 1. The highest BCUT2D eigenvalue weighted by atomic mass is 19.1. The Hall–Kier alpha value is -3.41. The van der Waals surface area contributed by atoms with Crippen LogP contribution in [0.2, 0.25) is 0 Å². The number of likely N-dealkylation sites (tertiary alicyclic amines) is 1. The SMILES string of the molecule is COCCCn1c(C2CCCN(C(=O)CC(Cc3ccc(B4OC(C)(C)C(C)(C)O4)cc3)NC(=O)OC(C)(C)C)C2)c(C)c2cccc(F)c21. The molecule has 0 saturated carbocycles. The summed E-state index contributed by atoms with van der Waals surface area (Å²) in [5, 5.41) is 3.89. The molecule has 0 spiro atoms. The molecule has 2 aliphatic rings. The monoisotopic (exact) mass is 691 g/mol. The second-order valence-electron chi connectivity index (χ2n) is 15.9. The third-order valence-corrected chi connectivity index (χ3v) is 10.4. The Bertz CT molecular complexity index is 1650. The molecule has 3 heterocycles. The molecule has 9 nitrogen and oxygen atoms in total. The maximum atomic E-state index is 15.2. The van der Waals surface area contributed by atoms with Gasteiger partial charge in [0.2, 0.25) is 5.91 Å². The number of carbonyl (C=O) groups excluding carboxylic acids is 2. The smallest absolute Gasteiger partial charge is 0.444 e. The average molecular weight is 692 g/mol. The summed E-state index contributed by atoms with van der Waals surface area (Å²) in [6.45, 7) is 18.0. The lowest BCUT2D eigenvalue weighted by Crippen LogP contribution is -2.46. The number of hydrogen-bond acceptors (Lipinski definition) is 6. The summed E-state index contributed by atoms with van der Waals surface area (Å²) in [6.07, 6.45) is 2.50. The minimum absolute atomic E-state index is 0.0320. The topological polar surface area (TPSA) is 91.3 Å². The maximum Gasteiger partial charge on any atom is 0.494 e. The number of nitrogens with zero attached hydrogens (tertiary/aromatic N) is 2. The van der Waals surface area contributed by atoms with Crippen LogP contribution in [-0.4, -0.2) is 78.2 Å². The lowest BCUT2D eigenvalue weighted by Gasteiger charge is -2.35. The van der Waals surface area contributed by atoms with Crippen molar-refractivity contribution in [1.29, 1.82) is 0 Å². The van der Waals surface area contributed by atoms with E-state index in [4.69, 9.17) is 18.8 Å². The van der Waals surface area contributed by atoms with E-state index in [-0.39, 0.29) is 24.1 Å². The van der Waals surface area contributed by atoms with Gasteiger partial charge in [-0.05, 0) is 104 Å². The largest absolute Gasteiger partial charge is 0.494 e. The number of fused-ring (bicyclic) bond motifs is 1. The summed E-state index contributed by atoms with van der Waals surface area (Å²) in [6, 6.07) is 12.7. The first kappa shape index (κ1) is 37.8. The van der Waals surface area contributed by atoms with Gasteiger partial charge in [-0.3, -0.25) is 4.79 Å². The van der Waals surface area contributed by atoms with Crippen molar-refractivity contribution >= 4 is 35.5 Å². The zero-order valence-electron chi connectivity index (χ0n) is 31.4. The number of hydrogen-bond donors (Lipinski definition) is 1. The van der Waals surface area contributed by atoms with E-state index in [0.29, 0.717) is 38.2 Å². The molecule has 272 valence electrons. The first-order valence-corrected chi connectivity index (χ1v) is 18.0. The van der Waals surface area contributed by atoms with Gasteiger partial charge in [0.05, 0.1) is 16.7 Å². The van der Waals surface area contributed by atoms with Crippen LogP contribution in [0.4, 0.5) is 9.18 Å². The van der Waals surface area contributed by atoms with Crippen LogP contribution < -0.4 is 10.8 Å². The highest BCUT2D eigenvalue weighted by Gasteiger charge is 2.51. The van der Waals surface area contributed by atoms with Crippen LogP contribution in [0.1, 0.15) is 96.9 Å². The second-order valence-corrected chi connectivity index (χ2v) is 15.9. The lowest BCUT2D eigenvalue weighted by atomic mass is 9.78. The van der Waals surface area contributed by atoms with Crippen molar-refractivity contribution in [2.45, 2.75) is 123 Å². The highest BCUT2D eigenvalue weighted by molar-refractivity contribution is 6.62. The second kappa shape index (κ2) is 15.1. The van der Waals surface area contributed by atoms with Gasteiger partial charge in [0.15, 0.2) is 0 Å². The predicted molar refractivity (Wildman–Crippen MR) is 195 cm³/mol. The number of methoxy groups -OCH3 is 1. The number of alkyl carbamates (subject to hydrolysis) is 1. The first-order valence-electron chi connectivity index (χ1n) is 18.0. The van der Waals surface area contributed by atoms with E-state index in [1.807, 2.05) is 83.7 Å². The van der Waals surface area contributed by atoms with Crippen molar-refractivity contribution in [2.75, 3.05) is 26.8 Å². The summed E-state index contributed by atoms with van der Waals surface area (Å²) in [7, 11) is 1.20. The van der Waals surface area contributed by atoms with Crippen LogP contribution in [0.25, 0.3) is 10.9 Å². The number of nitrogens with one attached hydrogen (secondary N) is 1.